The molecular weight excluding hydrogens is 511 g/mol. The molecule has 0 fully saturated rings. The largest absolute Gasteiger partial charge is 0.307 e. The van der Waals surface area contributed by atoms with E-state index in [1.807, 2.05) is 22.7 Å². The van der Waals surface area contributed by atoms with Gasteiger partial charge in [-0.1, -0.05) is 91.0 Å². The van der Waals surface area contributed by atoms with Crippen LogP contribution in [0.15, 0.2) is 115 Å². The highest BCUT2D eigenvalue weighted by Crippen LogP contribution is 2.46. The maximum Gasteiger partial charge on any atom is 0.0720 e. The van der Waals surface area contributed by atoms with Crippen LogP contribution in [0.2, 0.25) is 0 Å². The van der Waals surface area contributed by atoms with Gasteiger partial charge in [0.1, 0.15) is 0 Å². The molecule has 10 aromatic rings. The summed E-state index contributed by atoms with van der Waals surface area (Å²) >= 11 is 3.82. The molecule has 3 heteroatoms. The van der Waals surface area contributed by atoms with Crippen molar-refractivity contribution in [1.82, 2.24) is 4.40 Å². The average Bonchev–Trinajstić information content (AvgIpc) is 3.66. The predicted molar refractivity (Wildman–Crippen MR) is 173 cm³/mol. The van der Waals surface area contributed by atoms with Crippen LogP contribution in [-0.2, 0) is 0 Å². The van der Waals surface area contributed by atoms with Crippen LogP contribution in [-0.4, -0.2) is 4.40 Å². The Balaban J connectivity index is 1.68. The first kappa shape index (κ1) is 20.5. The molecule has 0 unspecified atom stereocenters. The van der Waals surface area contributed by atoms with E-state index in [2.05, 4.69) is 120 Å². The molecule has 0 aliphatic rings. The Kier molecular flexibility index (Phi) is 3.76. The molecule has 0 spiro atoms. The van der Waals surface area contributed by atoms with Gasteiger partial charge in [-0.05, 0) is 35.0 Å². The zero-order chi connectivity index (χ0) is 25.2. The molecule has 0 atom stereocenters. The van der Waals surface area contributed by atoms with Gasteiger partial charge >= 0.3 is 0 Å². The van der Waals surface area contributed by atoms with Crippen molar-refractivity contribution >= 4 is 112 Å². The van der Waals surface area contributed by atoms with Crippen molar-refractivity contribution in [1.29, 1.82) is 0 Å². The Hall–Kier alpha value is -4.44. The summed E-state index contributed by atoms with van der Waals surface area (Å²) in [6.45, 7) is 0. The van der Waals surface area contributed by atoms with E-state index in [1.54, 1.807) is 0 Å². The first-order chi connectivity index (χ1) is 19.4. The van der Waals surface area contributed by atoms with Crippen LogP contribution in [0.3, 0.4) is 0 Å². The molecule has 0 radical (unpaired) electrons. The summed E-state index contributed by atoms with van der Waals surface area (Å²) < 4.78 is 7.97. The molecule has 0 saturated carbocycles. The van der Waals surface area contributed by atoms with Crippen LogP contribution in [0.25, 0.3) is 89.2 Å². The molecule has 0 N–H and O–H groups in total. The molecular formula is C36H19NS2. The first-order valence-electron chi connectivity index (χ1n) is 13.3. The second-order valence-corrected chi connectivity index (χ2v) is 12.6. The summed E-state index contributed by atoms with van der Waals surface area (Å²) in [6.07, 6.45) is 0. The molecule has 0 bridgehead atoms. The first-order valence-corrected chi connectivity index (χ1v) is 14.9. The molecule has 0 saturated heterocycles. The lowest BCUT2D eigenvalue weighted by Gasteiger charge is -2.05. The summed E-state index contributed by atoms with van der Waals surface area (Å²) in [6, 6.07) is 43.1. The number of hydrogen-bond donors (Lipinski definition) is 0. The van der Waals surface area contributed by atoms with Crippen LogP contribution >= 0.6 is 22.7 Å². The minimum absolute atomic E-state index is 1.24. The highest BCUT2D eigenvalue weighted by atomic mass is 32.1. The third kappa shape index (κ3) is 2.46. The zero-order valence-electron chi connectivity index (χ0n) is 20.7. The van der Waals surface area contributed by atoms with Gasteiger partial charge in [0.25, 0.3) is 0 Å². The molecule has 180 valence electrons. The van der Waals surface area contributed by atoms with Gasteiger partial charge in [-0.25, -0.2) is 0 Å². The minimum atomic E-state index is 1.24. The number of aromatic nitrogens is 1. The number of rotatable bonds is 0. The van der Waals surface area contributed by atoms with Crippen LogP contribution in [0.4, 0.5) is 0 Å². The number of para-hydroxylation sites is 2. The average molecular weight is 530 g/mol. The van der Waals surface area contributed by atoms with E-state index >= 15 is 0 Å². The molecule has 39 heavy (non-hydrogen) atoms. The molecule has 6 aromatic carbocycles. The van der Waals surface area contributed by atoms with Gasteiger partial charge in [0.2, 0.25) is 0 Å². The quantitative estimate of drug-likeness (QED) is 0.184. The molecule has 10 rings (SSSR count). The van der Waals surface area contributed by atoms with Crippen molar-refractivity contribution in [2.24, 2.45) is 0 Å². The van der Waals surface area contributed by atoms with Gasteiger partial charge in [0, 0.05) is 57.2 Å². The Bertz CT molecular complexity index is 2660. The SMILES string of the molecule is c1ccc2c(c1)sc1c2ccc2c3cccc4c5cccc6sc7cccc(c8ccccc8n(c43)c21)c7c65. The fourth-order valence-corrected chi connectivity index (χ4v) is 9.40. The zero-order valence-corrected chi connectivity index (χ0v) is 22.4. The van der Waals surface area contributed by atoms with E-state index in [9.17, 15) is 0 Å². The summed E-state index contributed by atoms with van der Waals surface area (Å²) in [7, 11) is 0. The minimum Gasteiger partial charge on any atom is -0.307 e. The van der Waals surface area contributed by atoms with E-state index in [4.69, 9.17) is 0 Å². The Morgan fingerprint density at radius 3 is 1.72 bits per heavy atom. The van der Waals surface area contributed by atoms with Crippen molar-refractivity contribution in [2.75, 3.05) is 0 Å². The fourth-order valence-electron chi connectivity index (χ4n) is 7.00. The highest BCUT2D eigenvalue weighted by molar-refractivity contribution is 7.27. The van der Waals surface area contributed by atoms with Crippen molar-refractivity contribution in [3.8, 4) is 0 Å². The predicted octanol–water partition coefficient (Wildman–Crippen LogP) is 11.3. The Labute approximate surface area is 230 Å². The Morgan fingerprint density at radius 1 is 0.359 bits per heavy atom. The van der Waals surface area contributed by atoms with Crippen LogP contribution in [0, 0.1) is 0 Å². The van der Waals surface area contributed by atoms with Crippen LogP contribution in [0.5, 0.6) is 0 Å². The maximum absolute atomic E-state index is 2.58. The standard InChI is InChI=1S/C36H19NS2/c1-3-14-28-20(8-1)22-10-6-16-30-32(22)33-23(11-7-17-31(33)38-30)24-12-5-13-25-26-18-19-27-21-9-2-4-15-29(21)39-36(27)35(26)37(28)34(24)25/h1-19H. The number of nitrogens with zero attached hydrogens (tertiary/aromatic N) is 1. The van der Waals surface area contributed by atoms with Crippen LogP contribution in [0.1, 0.15) is 0 Å². The van der Waals surface area contributed by atoms with Gasteiger partial charge in [0.15, 0.2) is 0 Å². The second-order valence-electron chi connectivity index (χ2n) is 10.5. The van der Waals surface area contributed by atoms with E-state index in [0.29, 0.717) is 0 Å². The number of hydrogen-bond acceptors (Lipinski definition) is 2. The number of thiophene rings is 2. The monoisotopic (exact) mass is 529 g/mol. The Morgan fingerprint density at radius 2 is 0.897 bits per heavy atom. The van der Waals surface area contributed by atoms with Crippen molar-refractivity contribution in [2.45, 2.75) is 0 Å². The smallest absolute Gasteiger partial charge is 0.0720 e. The van der Waals surface area contributed by atoms with Gasteiger partial charge in [-0.15, -0.1) is 22.7 Å². The fraction of sp³-hybridized carbons (Fsp3) is 0. The lowest BCUT2D eigenvalue weighted by molar-refractivity contribution is 1.37. The van der Waals surface area contributed by atoms with Crippen molar-refractivity contribution in [3.63, 3.8) is 0 Å². The third-order valence-corrected chi connectivity index (χ3v) is 10.9. The van der Waals surface area contributed by atoms with Gasteiger partial charge < -0.3 is 4.40 Å². The van der Waals surface area contributed by atoms with Gasteiger partial charge in [-0.2, -0.15) is 0 Å². The van der Waals surface area contributed by atoms with E-state index in [-0.39, 0.29) is 0 Å². The number of fused-ring (bicyclic) bond motifs is 11. The lowest BCUT2D eigenvalue weighted by Crippen LogP contribution is -1.86. The van der Waals surface area contributed by atoms with Crippen molar-refractivity contribution in [3.05, 3.63) is 115 Å². The molecule has 0 aliphatic carbocycles. The van der Waals surface area contributed by atoms with Crippen molar-refractivity contribution < 1.29 is 0 Å². The summed E-state index contributed by atoms with van der Waals surface area (Å²) in [5.41, 5.74) is 3.85. The van der Waals surface area contributed by atoms with E-state index < -0.39 is 0 Å². The summed E-state index contributed by atoms with van der Waals surface area (Å²) in [5, 5.41) is 13.3. The van der Waals surface area contributed by atoms with E-state index in [0.717, 1.165) is 0 Å². The number of benzene rings is 6. The van der Waals surface area contributed by atoms with Crippen LogP contribution < -0.4 is 0 Å². The van der Waals surface area contributed by atoms with Gasteiger partial charge in [-0.3, -0.25) is 0 Å². The third-order valence-electron chi connectivity index (χ3n) is 8.54. The second kappa shape index (κ2) is 7.15. The highest BCUT2D eigenvalue weighted by Gasteiger charge is 2.20. The summed E-state index contributed by atoms with van der Waals surface area (Å²) in [5.74, 6) is 0. The molecule has 0 aliphatic heterocycles. The molecule has 4 aromatic heterocycles. The molecule has 0 amide bonds. The molecule has 1 nitrogen and oxygen atoms in total. The topological polar surface area (TPSA) is 4.41 Å². The van der Waals surface area contributed by atoms with E-state index in [1.165, 1.54) is 89.2 Å². The normalized spacial score (nSPS) is 12.6. The van der Waals surface area contributed by atoms with Gasteiger partial charge in [0.05, 0.1) is 21.3 Å². The maximum atomic E-state index is 2.58. The molecule has 4 heterocycles. The lowest BCUT2D eigenvalue weighted by atomic mass is 10.0. The summed E-state index contributed by atoms with van der Waals surface area (Å²) in [4.78, 5) is 0.